The summed E-state index contributed by atoms with van der Waals surface area (Å²) in [6.07, 6.45) is 3.66. The second-order valence-corrected chi connectivity index (χ2v) is 35.4. The number of nitrogens with one attached hydrogen (secondary N) is 6. The van der Waals surface area contributed by atoms with Crippen LogP contribution in [0.3, 0.4) is 0 Å². The zero-order valence-corrected chi connectivity index (χ0v) is 70.3. The van der Waals surface area contributed by atoms with Crippen molar-refractivity contribution in [2.75, 3.05) is 211 Å². The van der Waals surface area contributed by atoms with Crippen LogP contribution in [0.1, 0.15) is 192 Å². The Morgan fingerprint density at radius 3 is 1.00 bits per heavy atom. The fraction of sp³-hybridized carbons (Fsp3) is 0.838. The average molecular weight is 1540 g/mol. The number of rotatable bonds is 68. The van der Waals surface area contributed by atoms with Crippen molar-refractivity contribution in [3.05, 3.63) is 35.4 Å². The Bertz CT molecular complexity index is 2560. The smallest absolute Gasteiger partial charge is 0.254 e. The standard InChI is InChI=1S/C80H147N7O19S/c1-19-20-67(88)83-54-77(11,12)60-103-35-29-81-71(92)51-75(7,8)58-105-62-79(15,16)56-85-69(90)26-33-95-39-43-99-47-49-101-45-41-97-37-31-87(73(94)66-23-21-65(22-24-66)53-107-64(2)3)32-38-98-42-46-102-50-48-100-44-40-96-34-27-70(91)86-57-80(17,18)63-106-59-76(9,10)52-72(93)82-30-36-104-61-78(13,14)55-84-68(89)25-28-74(4,5)6/h21-24,64H,19-20,25-63H2,1-18H3,(H,81,92)(H,82,93)(H,83,88)(H,84,89)(H,85,90)(H,86,91). The summed E-state index contributed by atoms with van der Waals surface area (Å²) >= 11 is 1.85. The van der Waals surface area contributed by atoms with Gasteiger partial charge in [0.2, 0.25) is 35.4 Å². The minimum absolute atomic E-state index is 0.0425. The molecule has 0 aliphatic heterocycles. The Kier molecular flexibility index (Phi) is 53.1. The van der Waals surface area contributed by atoms with Gasteiger partial charge in [0.05, 0.1) is 159 Å². The van der Waals surface area contributed by atoms with Crippen LogP contribution in [0, 0.1) is 37.9 Å². The Hall–Kier alpha value is -4.62. The molecule has 622 valence electrons. The fourth-order valence-corrected chi connectivity index (χ4v) is 10.6. The third-order valence-electron chi connectivity index (χ3n) is 16.3. The van der Waals surface area contributed by atoms with E-state index in [4.69, 9.17) is 56.8 Å². The number of thioether (sulfide) groups is 1. The first-order valence-electron chi connectivity index (χ1n) is 38.9. The van der Waals surface area contributed by atoms with Gasteiger partial charge in [0.1, 0.15) is 0 Å². The third kappa shape index (κ3) is 59.8. The van der Waals surface area contributed by atoms with Crippen LogP contribution in [0.5, 0.6) is 0 Å². The molecule has 6 N–H and O–H groups in total. The molecule has 0 saturated carbocycles. The summed E-state index contributed by atoms with van der Waals surface area (Å²) in [6, 6.07) is 7.75. The number of hydrogen-bond donors (Lipinski definition) is 6. The third-order valence-corrected chi connectivity index (χ3v) is 17.4. The Morgan fingerprint density at radius 1 is 0.355 bits per heavy atom. The Labute approximate surface area is 648 Å². The van der Waals surface area contributed by atoms with Crippen LogP contribution >= 0.6 is 11.8 Å². The topological polar surface area (TPSA) is 306 Å². The fourth-order valence-electron chi connectivity index (χ4n) is 9.86. The van der Waals surface area contributed by atoms with Gasteiger partial charge in [-0.25, -0.2) is 0 Å². The van der Waals surface area contributed by atoms with Gasteiger partial charge in [0, 0.05) is 124 Å². The van der Waals surface area contributed by atoms with E-state index in [-0.39, 0.29) is 94.5 Å². The van der Waals surface area contributed by atoms with Crippen molar-refractivity contribution in [2.24, 2.45) is 37.9 Å². The highest BCUT2D eigenvalue weighted by Crippen LogP contribution is 2.26. The first-order valence-corrected chi connectivity index (χ1v) is 39.9. The van der Waals surface area contributed by atoms with Crippen LogP contribution in [-0.4, -0.2) is 262 Å². The number of carbonyl (C=O) groups excluding carboxylic acids is 7. The monoisotopic (exact) mass is 1540 g/mol. The number of ether oxygens (including phenoxy) is 12. The molecule has 0 spiro atoms. The van der Waals surface area contributed by atoms with Crippen molar-refractivity contribution in [2.45, 2.75) is 187 Å². The predicted molar refractivity (Wildman–Crippen MR) is 421 cm³/mol. The maximum Gasteiger partial charge on any atom is 0.254 e. The minimum Gasteiger partial charge on any atom is -0.380 e. The highest BCUT2D eigenvalue weighted by Gasteiger charge is 2.29. The summed E-state index contributed by atoms with van der Waals surface area (Å²) in [6.45, 7) is 48.9. The Balaban J connectivity index is 2.23. The van der Waals surface area contributed by atoms with E-state index in [1.165, 1.54) is 0 Å². The van der Waals surface area contributed by atoms with Crippen LogP contribution in [0.25, 0.3) is 0 Å². The molecule has 7 amide bonds. The Morgan fingerprint density at radius 2 is 0.664 bits per heavy atom. The molecule has 1 aromatic carbocycles. The van der Waals surface area contributed by atoms with Crippen molar-refractivity contribution < 1.29 is 90.4 Å². The SMILES string of the molecule is CCCC(=O)NCC(C)(C)COCCNC(=O)CC(C)(C)COCC(C)(C)CNC(=O)CCOCCOCCOCCOCCN(CCOCCOCCOCCOCCC(=O)NCC(C)(C)COCC(C)(C)CC(=O)NCCOCC(C)(C)CNC(=O)CCC(C)(C)C)C(=O)c1ccc(CSC(C)C)cc1. The predicted octanol–water partition coefficient (Wildman–Crippen LogP) is 9.01. The normalized spacial score (nSPS) is 12.5. The second kappa shape index (κ2) is 56.6. The van der Waals surface area contributed by atoms with Crippen LogP contribution in [0.15, 0.2) is 24.3 Å². The van der Waals surface area contributed by atoms with Crippen molar-refractivity contribution in [1.29, 1.82) is 0 Å². The van der Waals surface area contributed by atoms with Gasteiger partial charge in [0.15, 0.2) is 0 Å². The van der Waals surface area contributed by atoms with Crippen LogP contribution in [0.4, 0.5) is 0 Å². The van der Waals surface area contributed by atoms with Gasteiger partial charge in [-0.1, -0.05) is 137 Å². The molecule has 0 aliphatic carbocycles. The van der Waals surface area contributed by atoms with Gasteiger partial charge in [0.25, 0.3) is 5.91 Å². The highest BCUT2D eigenvalue weighted by atomic mass is 32.2. The maximum atomic E-state index is 13.7. The van der Waals surface area contributed by atoms with E-state index >= 15 is 0 Å². The molecule has 27 heteroatoms. The summed E-state index contributed by atoms with van der Waals surface area (Å²) < 4.78 is 69.4. The molecule has 0 unspecified atom stereocenters. The number of carbonyl (C=O) groups is 7. The lowest BCUT2D eigenvalue weighted by Crippen LogP contribution is -2.39. The van der Waals surface area contributed by atoms with E-state index in [1.54, 1.807) is 4.90 Å². The quantitative estimate of drug-likeness (QED) is 0.0331. The maximum absolute atomic E-state index is 13.7. The van der Waals surface area contributed by atoms with Gasteiger partial charge < -0.3 is 93.6 Å². The molecular formula is C80H147N7O19S. The summed E-state index contributed by atoms with van der Waals surface area (Å²) in [5, 5.41) is 18.3. The van der Waals surface area contributed by atoms with Gasteiger partial charge in [-0.05, 0) is 52.0 Å². The first-order chi connectivity index (χ1) is 50.3. The zero-order chi connectivity index (χ0) is 80.1. The van der Waals surface area contributed by atoms with Gasteiger partial charge >= 0.3 is 0 Å². The van der Waals surface area contributed by atoms with E-state index in [1.807, 2.05) is 126 Å². The minimum atomic E-state index is -0.399. The lowest BCUT2D eigenvalue weighted by atomic mass is 9.89. The summed E-state index contributed by atoms with van der Waals surface area (Å²) in [7, 11) is 0. The van der Waals surface area contributed by atoms with Crippen LogP contribution in [0.2, 0.25) is 0 Å². The molecular weight excluding hydrogens is 1390 g/mol. The zero-order valence-electron chi connectivity index (χ0n) is 69.5. The van der Waals surface area contributed by atoms with E-state index in [2.05, 4.69) is 66.5 Å². The average Bonchev–Trinajstić information content (AvgIpc) is 0.894. The molecule has 0 aromatic heterocycles. The molecule has 0 atom stereocenters. The molecule has 0 aliphatic rings. The van der Waals surface area contributed by atoms with Crippen molar-refractivity contribution >= 4 is 53.1 Å². The number of benzene rings is 1. The number of hydrogen-bond acceptors (Lipinski definition) is 20. The number of nitrogens with zero attached hydrogens (tertiary/aromatic N) is 1. The van der Waals surface area contributed by atoms with E-state index in [0.29, 0.717) is 234 Å². The van der Waals surface area contributed by atoms with E-state index < -0.39 is 10.8 Å². The molecule has 0 saturated heterocycles. The molecule has 0 heterocycles. The van der Waals surface area contributed by atoms with Gasteiger partial charge in [-0.15, -0.1) is 0 Å². The molecule has 26 nitrogen and oxygen atoms in total. The lowest BCUT2D eigenvalue weighted by Gasteiger charge is -2.29. The van der Waals surface area contributed by atoms with Crippen molar-refractivity contribution in [3.8, 4) is 0 Å². The second-order valence-electron chi connectivity index (χ2n) is 33.8. The summed E-state index contributed by atoms with van der Waals surface area (Å²) in [4.78, 5) is 90.2. The molecule has 0 fully saturated rings. The molecule has 0 bridgehead atoms. The van der Waals surface area contributed by atoms with Crippen LogP contribution in [-0.2, 0) is 91.4 Å². The van der Waals surface area contributed by atoms with Gasteiger partial charge in [-0.2, -0.15) is 11.8 Å². The van der Waals surface area contributed by atoms with Crippen molar-refractivity contribution in [3.63, 3.8) is 0 Å². The van der Waals surface area contributed by atoms with Crippen LogP contribution < -0.4 is 31.9 Å². The highest BCUT2D eigenvalue weighted by molar-refractivity contribution is 7.99. The largest absolute Gasteiger partial charge is 0.380 e. The lowest BCUT2D eigenvalue weighted by molar-refractivity contribution is -0.125. The molecule has 0 radical (unpaired) electrons. The van der Waals surface area contributed by atoms with E-state index in [9.17, 15) is 33.6 Å². The molecule has 1 rings (SSSR count). The summed E-state index contributed by atoms with van der Waals surface area (Å²) in [5.41, 5.74) is -0.0397. The van der Waals surface area contributed by atoms with E-state index in [0.717, 1.165) is 24.2 Å². The summed E-state index contributed by atoms with van der Waals surface area (Å²) in [5.74, 6) is 0.464. The first kappa shape index (κ1) is 100. The van der Waals surface area contributed by atoms with Gasteiger partial charge in [-0.3, -0.25) is 33.6 Å². The molecule has 1 aromatic rings. The molecule has 107 heavy (non-hydrogen) atoms. The van der Waals surface area contributed by atoms with Crippen molar-refractivity contribution in [1.82, 2.24) is 36.8 Å². The number of amides is 7.